The molecule has 0 unspecified atom stereocenters. The van der Waals surface area contributed by atoms with Crippen LogP contribution in [0.4, 0.5) is 0 Å². The molecule has 1 aromatic rings. The summed E-state index contributed by atoms with van der Waals surface area (Å²) in [5.41, 5.74) is 2.96. The summed E-state index contributed by atoms with van der Waals surface area (Å²) in [6, 6.07) is 0. The van der Waals surface area contributed by atoms with E-state index in [-0.39, 0.29) is 0 Å². The summed E-state index contributed by atoms with van der Waals surface area (Å²) >= 11 is 0. The van der Waals surface area contributed by atoms with Gasteiger partial charge in [0.15, 0.2) is 0 Å². The molecule has 1 N–H and O–H groups in total. The summed E-state index contributed by atoms with van der Waals surface area (Å²) in [4.78, 5) is 4.27. The summed E-state index contributed by atoms with van der Waals surface area (Å²) in [6.07, 6.45) is 9.82. The minimum Gasteiger partial charge on any atom is -0.334 e. The van der Waals surface area contributed by atoms with Gasteiger partial charge < -0.3 is 9.88 Å². The molecular weight excluding hydrogens is 210 g/mol. The van der Waals surface area contributed by atoms with Gasteiger partial charge in [0.25, 0.3) is 0 Å². The molecule has 0 atom stereocenters. The second-order valence-corrected chi connectivity index (χ2v) is 5.24. The number of hydrogen-bond acceptors (Lipinski definition) is 2. The van der Waals surface area contributed by atoms with Gasteiger partial charge in [0, 0.05) is 25.0 Å². The first-order valence-electron chi connectivity index (χ1n) is 6.63. The molecule has 1 aromatic heterocycles. The number of aromatic nitrogens is 2. The van der Waals surface area contributed by atoms with Crippen molar-refractivity contribution in [3.05, 3.63) is 29.9 Å². The van der Waals surface area contributed by atoms with Crippen molar-refractivity contribution >= 4 is 0 Å². The monoisotopic (exact) mass is 233 g/mol. The van der Waals surface area contributed by atoms with Crippen LogP contribution in [0.15, 0.2) is 24.2 Å². The smallest absolute Gasteiger partial charge is 0.0948 e. The third-order valence-corrected chi connectivity index (χ3v) is 3.25. The molecule has 3 nitrogen and oxygen atoms in total. The molecule has 17 heavy (non-hydrogen) atoms. The molecule has 0 saturated heterocycles. The van der Waals surface area contributed by atoms with Crippen LogP contribution in [0.25, 0.3) is 0 Å². The van der Waals surface area contributed by atoms with Gasteiger partial charge in [0.1, 0.15) is 0 Å². The highest BCUT2D eigenvalue weighted by Crippen LogP contribution is 2.13. The Morgan fingerprint density at radius 2 is 2.35 bits per heavy atom. The molecule has 1 aliphatic rings. The Morgan fingerprint density at radius 1 is 1.47 bits per heavy atom. The molecule has 2 rings (SSSR count). The topological polar surface area (TPSA) is 29.9 Å². The predicted molar refractivity (Wildman–Crippen MR) is 71.0 cm³/mol. The molecule has 1 aliphatic heterocycles. The first-order chi connectivity index (χ1) is 8.25. The Labute approximate surface area is 104 Å². The number of nitrogens with one attached hydrogen (secondary N) is 1. The lowest BCUT2D eigenvalue weighted by atomic mass is 10.1. The van der Waals surface area contributed by atoms with Crippen molar-refractivity contribution in [2.75, 3.05) is 13.1 Å². The summed E-state index contributed by atoms with van der Waals surface area (Å²) in [7, 11) is 0. The molecule has 2 heterocycles. The number of hydrogen-bond donors (Lipinski definition) is 1. The predicted octanol–water partition coefficient (Wildman–Crippen LogP) is 2.39. The lowest BCUT2D eigenvalue weighted by Gasteiger charge is -2.15. The van der Waals surface area contributed by atoms with Crippen molar-refractivity contribution < 1.29 is 0 Å². The third-order valence-electron chi connectivity index (χ3n) is 3.25. The maximum Gasteiger partial charge on any atom is 0.0948 e. The van der Waals surface area contributed by atoms with Gasteiger partial charge in [-0.15, -0.1) is 0 Å². The lowest BCUT2D eigenvalue weighted by Crippen LogP contribution is -2.21. The van der Waals surface area contributed by atoms with Crippen LogP contribution in [-0.4, -0.2) is 22.6 Å². The summed E-state index contributed by atoms with van der Waals surface area (Å²) in [5.74, 6) is 0.698. The highest BCUT2D eigenvalue weighted by atomic mass is 15.0. The van der Waals surface area contributed by atoms with E-state index in [1.54, 1.807) is 5.57 Å². The number of aryl methyl sites for hydroxylation is 1. The van der Waals surface area contributed by atoms with Gasteiger partial charge >= 0.3 is 0 Å². The van der Waals surface area contributed by atoms with Gasteiger partial charge in [0.2, 0.25) is 0 Å². The van der Waals surface area contributed by atoms with Crippen LogP contribution >= 0.6 is 0 Å². The summed E-state index contributed by atoms with van der Waals surface area (Å²) in [5, 5.41) is 3.35. The van der Waals surface area contributed by atoms with Gasteiger partial charge in [-0.3, -0.25) is 0 Å². The van der Waals surface area contributed by atoms with Crippen molar-refractivity contribution in [3.63, 3.8) is 0 Å². The highest BCUT2D eigenvalue weighted by molar-refractivity contribution is 5.07. The van der Waals surface area contributed by atoms with Crippen molar-refractivity contribution in [1.82, 2.24) is 14.9 Å². The van der Waals surface area contributed by atoms with Crippen molar-refractivity contribution in [1.29, 1.82) is 0 Å². The maximum absolute atomic E-state index is 4.27. The third kappa shape index (κ3) is 3.70. The minimum atomic E-state index is 0.698. The van der Waals surface area contributed by atoms with Crippen LogP contribution < -0.4 is 5.32 Å². The fourth-order valence-electron chi connectivity index (χ4n) is 2.30. The second kappa shape index (κ2) is 6.01. The Bertz CT molecular complexity index is 377. The van der Waals surface area contributed by atoms with Crippen LogP contribution in [0.3, 0.4) is 0 Å². The van der Waals surface area contributed by atoms with E-state index in [2.05, 4.69) is 34.8 Å². The molecule has 0 spiro atoms. The normalized spacial score (nSPS) is 16.3. The number of nitrogens with zero attached hydrogens (tertiary/aromatic N) is 2. The van der Waals surface area contributed by atoms with E-state index < -0.39 is 0 Å². The maximum atomic E-state index is 4.27. The zero-order valence-electron chi connectivity index (χ0n) is 10.9. The molecular formula is C14H23N3. The first-order valence-corrected chi connectivity index (χ1v) is 6.63. The average molecular weight is 233 g/mol. The summed E-state index contributed by atoms with van der Waals surface area (Å²) < 4.78 is 2.31. The Balaban J connectivity index is 1.90. The molecule has 0 saturated carbocycles. The van der Waals surface area contributed by atoms with Crippen molar-refractivity contribution in [2.45, 2.75) is 39.7 Å². The zero-order valence-corrected chi connectivity index (χ0v) is 10.9. The van der Waals surface area contributed by atoms with E-state index in [1.165, 1.54) is 18.5 Å². The van der Waals surface area contributed by atoms with Crippen LogP contribution in [0.5, 0.6) is 0 Å². The van der Waals surface area contributed by atoms with E-state index in [0.717, 1.165) is 26.1 Å². The van der Waals surface area contributed by atoms with Gasteiger partial charge in [-0.1, -0.05) is 25.5 Å². The van der Waals surface area contributed by atoms with Crippen LogP contribution in [-0.2, 0) is 13.0 Å². The molecule has 3 heteroatoms. The first kappa shape index (κ1) is 12.4. The Morgan fingerprint density at radius 3 is 3.06 bits per heavy atom. The fraction of sp³-hybridized carbons (Fsp3) is 0.643. The number of imidazole rings is 1. The highest BCUT2D eigenvalue weighted by Gasteiger charge is 2.07. The van der Waals surface area contributed by atoms with E-state index in [9.17, 15) is 0 Å². The van der Waals surface area contributed by atoms with Crippen LogP contribution in [0, 0.1) is 5.92 Å². The second-order valence-electron chi connectivity index (χ2n) is 5.24. The number of rotatable bonds is 5. The Hall–Kier alpha value is -1.09. The molecule has 0 amide bonds. The van der Waals surface area contributed by atoms with E-state index in [1.807, 2.05) is 12.5 Å². The minimum absolute atomic E-state index is 0.698. The largest absolute Gasteiger partial charge is 0.334 e. The van der Waals surface area contributed by atoms with Gasteiger partial charge in [-0.05, 0) is 31.7 Å². The van der Waals surface area contributed by atoms with Crippen LogP contribution in [0.2, 0.25) is 0 Å². The van der Waals surface area contributed by atoms with Crippen molar-refractivity contribution in [3.8, 4) is 0 Å². The van der Waals surface area contributed by atoms with Gasteiger partial charge in [0.05, 0.1) is 6.33 Å². The van der Waals surface area contributed by atoms with E-state index >= 15 is 0 Å². The van der Waals surface area contributed by atoms with Crippen LogP contribution in [0.1, 0.15) is 32.4 Å². The molecule has 0 radical (unpaired) electrons. The standard InChI is InChI=1S/C14H23N3/c1-12(2)9-14-10-16-11-17(14)8-5-13-3-6-15-7-4-13/h3,10-12,15H,4-9H2,1-2H3. The molecule has 0 aromatic carbocycles. The zero-order chi connectivity index (χ0) is 12.1. The Kier molecular flexibility index (Phi) is 4.37. The van der Waals surface area contributed by atoms with E-state index in [0.29, 0.717) is 5.92 Å². The molecule has 0 aliphatic carbocycles. The average Bonchev–Trinajstić information content (AvgIpc) is 2.74. The van der Waals surface area contributed by atoms with Gasteiger partial charge in [-0.25, -0.2) is 4.98 Å². The molecule has 0 bridgehead atoms. The fourth-order valence-corrected chi connectivity index (χ4v) is 2.30. The summed E-state index contributed by atoms with van der Waals surface area (Å²) in [6.45, 7) is 7.76. The quantitative estimate of drug-likeness (QED) is 0.791. The molecule has 94 valence electrons. The van der Waals surface area contributed by atoms with E-state index in [4.69, 9.17) is 0 Å². The van der Waals surface area contributed by atoms with Gasteiger partial charge in [-0.2, -0.15) is 0 Å². The SMILES string of the molecule is CC(C)Cc1cncn1CCC1=CCNCC1. The van der Waals surface area contributed by atoms with Crippen molar-refractivity contribution in [2.24, 2.45) is 5.92 Å². The molecule has 0 fully saturated rings. The lowest BCUT2D eigenvalue weighted by molar-refractivity contribution is 0.573.